The predicted molar refractivity (Wildman–Crippen MR) is 124 cm³/mol. The molecule has 176 valence electrons. The lowest BCUT2D eigenvalue weighted by Crippen LogP contribution is -2.46. The molecule has 0 bridgehead atoms. The summed E-state index contributed by atoms with van der Waals surface area (Å²) in [6.07, 6.45) is 0.0773. The second kappa shape index (κ2) is 8.31. The van der Waals surface area contributed by atoms with Crippen LogP contribution in [0.5, 0.6) is 0 Å². The number of amides is 1. The first kappa shape index (κ1) is 22.2. The number of ether oxygens (including phenoxy) is 3. The topological polar surface area (TPSA) is 82.1 Å². The Bertz CT molecular complexity index is 1130. The van der Waals surface area contributed by atoms with Gasteiger partial charge in [-0.15, -0.1) is 0 Å². The number of esters is 2. The number of fused-ring (bicyclic) bond motifs is 4. The number of nitrogens with zero attached hydrogens (tertiary/aromatic N) is 1. The molecule has 0 spiro atoms. The quantitative estimate of drug-likeness (QED) is 0.297. The van der Waals surface area contributed by atoms with Gasteiger partial charge in [0.2, 0.25) is 0 Å². The Morgan fingerprint density at radius 2 is 1.53 bits per heavy atom. The fraction of sp³-hybridized carbons (Fsp3) is 0.370. The van der Waals surface area contributed by atoms with Crippen molar-refractivity contribution in [3.8, 4) is 11.1 Å². The maximum Gasteiger partial charge on any atom is 0.410 e. The zero-order valence-electron chi connectivity index (χ0n) is 19.3. The molecule has 0 aromatic heterocycles. The van der Waals surface area contributed by atoms with E-state index in [-0.39, 0.29) is 18.9 Å². The van der Waals surface area contributed by atoms with Crippen LogP contribution in [0.15, 0.2) is 60.7 Å². The Hall–Kier alpha value is -3.61. The smallest absolute Gasteiger partial charge is 0.410 e. The molecular weight excluding hydrogens is 434 g/mol. The number of rotatable bonds is 4. The summed E-state index contributed by atoms with van der Waals surface area (Å²) in [5, 5.41) is 0. The lowest BCUT2D eigenvalue weighted by Gasteiger charge is -2.29. The average Bonchev–Trinajstić information content (AvgIpc) is 3.53. The highest BCUT2D eigenvalue weighted by atomic mass is 16.6. The van der Waals surface area contributed by atoms with Gasteiger partial charge in [-0.25, -0.2) is 4.79 Å². The molecule has 2 atom stereocenters. The van der Waals surface area contributed by atoms with E-state index in [2.05, 4.69) is 30.8 Å². The molecule has 7 heteroatoms. The van der Waals surface area contributed by atoms with Gasteiger partial charge in [0.1, 0.15) is 6.61 Å². The summed E-state index contributed by atoms with van der Waals surface area (Å²) in [5.74, 6) is -1.81. The molecule has 1 heterocycles. The van der Waals surface area contributed by atoms with Crippen LogP contribution >= 0.6 is 0 Å². The third kappa shape index (κ3) is 3.06. The number of methoxy groups -OCH3 is 2. The zero-order valence-corrected chi connectivity index (χ0v) is 19.3. The summed E-state index contributed by atoms with van der Waals surface area (Å²) < 4.78 is 15.8. The maximum atomic E-state index is 13.2. The van der Waals surface area contributed by atoms with E-state index in [0.717, 1.165) is 22.3 Å². The molecular formula is C27H27NO6. The molecule has 0 unspecified atom stereocenters. The Morgan fingerprint density at radius 1 is 0.971 bits per heavy atom. The summed E-state index contributed by atoms with van der Waals surface area (Å²) in [5.41, 5.74) is 3.74. The minimum Gasteiger partial charge on any atom is -0.468 e. The van der Waals surface area contributed by atoms with Gasteiger partial charge in [-0.2, -0.15) is 0 Å². The molecule has 1 aliphatic heterocycles. The molecule has 2 aromatic carbocycles. The van der Waals surface area contributed by atoms with E-state index in [1.807, 2.05) is 24.3 Å². The molecule has 5 rings (SSSR count). The van der Waals surface area contributed by atoms with E-state index in [0.29, 0.717) is 18.5 Å². The van der Waals surface area contributed by atoms with Crippen molar-refractivity contribution in [2.75, 3.05) is 27.4 Å². The summed E-state index contributed by atoms with van der Waals surface area (Å²) in [7, 11) is 2.50. The van der Waals surface area contributed by atoms with E-state index < -0.39 is 35.4 Å². The highest BCUT2D eigenvalue weighted by Gasteiger charge is 2.65. The van der Waals surface area contributed by atoms with E-state index in [9.17, 15) is 14.4 Å². The summed E-state index contributed by atoms with van der Waals surface area (Å²) >= 11 is 0. The Morgan fingerprint density at radius 3 is 2.09 bits per heavy atom. The second-order valence-electron chi connectivity index (χ2n) is 9.13. The van der Waals surface area contributed by atoms with Crippen LogP contribution in [-0.4, -0.2) is 56.3 Å². The maximum absolute atomic E-state index is 13.2. The third-order valence-electron chi connectivity index (χ3n) is 7.62. The molecule has 7 nitrogen and oxygen atoms in total. The zero-order chi connectivity index (χ0) is 24.0. The molecule has 1 amide bonds. The Labute approximate surface area is 198 Å². The van der Waals surface area contributed by atoms with E-state index in [1.165, 1.54) is 14.2 Å². The number of likely N-dealkylation sites (tertiary alicyclic amines) is 1. The first-order valence-corrected chi connectivity index (χ1v) is 11.4. The summed E-state index contributed by atoms with van der Waals surface area (Å²) in [6.45, 7) is 4.65. The lowest BCUT2D eigenvalue weighted by molar-refractivity contribution is -0.172. The average molecular weight is 462 g/mol. The van der Waals surface area contributed by atoms with Crippen molar-refractivity contribution in [1.82, 2.24) is 4.90 Å². The molecule has 2 aromatic rings. The van der Waals surface area contributed by atoms with Gasteiger partial charge in [-0.3, -0.25) is 9.59 Å². The fourth-order valence-corrected chi connectivity index (χ4v) is 6.18. The highest BCUT2D eigenvalue weighted by molar-refractivity contribution is 6.02. The van der Waals surface area contributed by atoms with Gasteiger partial charge in [-0.1, -0.05) is 60.7 Å². The van der Waals surface area contributed by atoms with E-state index in [1.54, 1.807) is 4.90 Å². The number of hydrogen-bond donors (Lipinski definition) is 0. The highest BCUT2D eigenvalue weighted by Crippen LogP contribution is 2.54. The Balaban J connectivity index is 1.36. The van der Waals surface area contributed by atoms with Gasteiger partial charge >= 0.3 is 18.0 Å². The third-order valence-corrected chi connectivity index (χ3v) is 7.62. The molecule has 34 heavy (non-hydrogen) atoms. The second-order valence-corrected chi connectivity index (χ2v) is 9.13. The molecule has 3 aliphatic rings. The van der Waals surface area contributed by atoms with Gasteiger partial charge in [0, 0.05) is 18.4 Å². The van der Waals surface area contributed by atoms with Crippen LogP contribution in [0.3, 0.4) is 0 Å². The van der Waals surface area contributed by atoms with Crippen molar-refractivity contribution in [2.24, 2.45) is 11.3 Å². The van der Waals surface area contributed by atoms with E-state index >= 15 is 0 Å². The van der Waals surface area contributed by atoms with Crippen LogP contribution in [0.4, 0.5) is 4.79 Å². The van der Waals surface area contributed by atoms with Crippen LogP contribution in [-0.2, 0) is 23.8 Å². The van der Waals surface area contributed by atoms with Crippen molar-refractivity contribution in [3.63, 3.8) is 0 Å². The van der Waals surface area contributed by atoms with Crippen LogP contribution < -0.4 is 0 Å². The normalized spacial score (nSPS) is 22.1. The largest absolute Gasteiger partial charge is 0.468 e. The van der Waals surface area contributed by atoms with Crippen molar-refractivity contribution in [1.29, 1.82) is 0 Å². The predicted octanol–water partition coefficient (Wildman–Crippen LogP) is 3.92. The lowest BCUT2D eigenvalue weighted by atomic mass is 9.76. The van der Waals surface area contributed by atoms with Crippen LogP contribution in [0.1, 0.15) is 29.9 Å². The Kier molecular flexibility index (Phi) is 5.42. The van der Waals surface area contributed by atoms with Gasteiger partial charge in [-0.05, 0) is 35.1 Å². The van der Waals surface area contributed by atoms with E-state index in [4.69, 9.17) is 14.2 Å². The number of carbonyl (C=O) groups is 3. The number of benzene rings is 2. The van der Waals surface area contributed by atoms with Gasteiger partial charge in [0.15, 0.2) is 5.41 Å². The van der Waals surface area contributed by atoms with Gasteiger partial charge in [0.25, 0.3) is 0 Å². The molecule has 1 saturated heterocycles. The molecule has 2 fully saturated rings. The molecule has 0 radical (unpaired) electrons. The molecule has 1 saturated carbocycles. The van der Waals surface area contributed by atoms with Gasteiger partial charge in [0.05, 0.1) is 20.3 Å². The number of carbonyl (C=O) groups excluding carboxylic acids is 3. The van der Waals surface area contributed by atoms with Crippen LogP contribution in [0, 0.1) is 11.3 Å². The summed E-state index contributed by atoms with van der Waals surface area (Å²) in [6, 6.07) is 15.8. The van der Waals surface area contributed by atoms with Crippen molar-refractivity contribution >= 4 is 18.0 Å². The van der Waals surface area contributed by atoms with Crippen molar-refractivity contribution in [2.45, 2.75) is 24.8 Å². The monoisotopic (exact) mass is 461 g/mol. The van der Waals surface area contributed by atoms with Crippen LogP contribution in [0.25, 0.3) is 11.1 Å². The standard InChI is InChI=1S/C27H27NO6/c1-16-14-27(24(29)32-2,25(30)33-3)22-12-13-28(23(16)22)26(31)34-15-21-19-10-6-4-8-17(19)18-9-5-7-11-20(18)21/h4-11,21-23H,1,12-15H2,2-3H3/t22-,23-/m0/s1. The number of hydrogen-bond acceptors (Lipinski definition) is 6. The minimum absolute atomic E-state index is 0.0502. The SMILES string of the molecule is C=C1CC(C(=O)OC)(C(=O)OC)[C@H]2CCN(C(=O)OCC3c4ccccc4-c4ccccc43)[C@@H]12. The first-order valence-electron chi connectivity index (χ1n) is 11.4. The summed E-state index contributed by atoms with van der Waals surface area (Å²) in [4.78, 5) is 40.3. The first-order chi connectivity index (χ1) is 16.4. The minimum atomic E-state index is -1.48. The molecule has 2 aliphatic carbocycles. The van der Waals surface area contributed by atoms with Crippen molar-refractivity contribution < 1.29 is 28.6 Å². The van der Waals surface area contributed by atoms with Crippen molar-refractivity contribution in [3.05, 3.63) is 71.8 Å². The van der Waals surface area contributed by atoms with Crippen LogP contribution in [0.2, 0.25) is 0 Å². The molecule has 0 N–H and O–H groups in total. The fourth-order valence-electron chi connectivity index (χ4n) is 6.18. The van der Waals surface area contributed by atoms with Gasteiger partial charge < -0.3 is 19.1 Å².